The van der Waals surface area contributed by atoms with Gasteiger partial charge in [0.05, 0.1) is 29.4 Å². The lowest BCUT2D eigenvalue weighted by Crippen LogP contribution is -2.41. The first-order valence-electron chi connectivity index (χ1n) is 6.61. The van der Waals surface area contributed by atoms with E-state index < -0.39 is 24.2 Å². The Morgan fingerprint density at radius 3 is 2.30 bits per heavy atom. The third-order valence-electron chi connectivity index (χ3n) is 4.15. The van der Waals surface area contributed by atoms with Crippen LogP contribution in [0.4, 0.5) is 0 Å². The van der Waals surface area contributed by atoms with Gasteiger partial charge in [-0.3, -0.25) is 4.98 Å². The maximum absolute atomic E-state index is 10.1. The molecule has 1 N–H and O–H groups in total. The molecule has 0 spiro atoms. The van der Waals surface area contributed by atoms with Crippen LogP contribution >= 0.6 is 0 Å². The Morgan fingerprint density at radius 1 is 1.25 bits per heavy atom. The molecule has 1 aromatic rings. The lowest BCUT2D eigenvalue weighted by atomic mass is 9.73. The zero-order valence-electron chi connectivity index (χ0n) is 12.5. The maximum atomic E-state index is 10.1. The Hall–Kier alpha value is -1.58. The molecule has 1 saturated heterocycles. The highest BCUT2D eigenvalue weighted by molar-refractivity contribution is 6.63. The van der Waals surface area contributed by atoms with E-state index in [1.165, 1.54) is 6.20 Å². The normalized spacial score (nSPS) is 21.5. The molecule has 1 aliphatic rings. The average molecular weight is 274 g/mol. The van der Waals surface area contributed by atoms with Crippen LogP contribution in [0.5, 0.6) is 5.75 Å². The molecule has 6 heteroatoms. The second-order valence-corrected chi connectivity index (χ2v) is 6.10. The van der Waals surface area contributed by atoms with Gasteiger partial charge in [0.15, 0.2) is 0 Å². The van der Waals surface area contributed by atoms with Crippen LogP contribution in [0.2, 0.25) is 0 Å². The SMILES string of the molecule is CC(C#N)c1cncc(O)c1B1OC(C)(C)C(C)(C)O1. The quantitative estimate of drug-likeness (QED) is 0.831. The van der Waals surface area contributed by atoms with Crippen LogP contribution in [0.1, 0.15) is 46.1 Å². The van der Waals surface area contributed by atoms with Crippen molar-refractivity contribution >= 4 is 12.6 Å². The summed E-state index contributed by atoms with van der Waals surface area (Å²) in [5, 5.41) is 19.2. The molecule has 20 heavy (non-hydrogen) atoms. The highest BCUT2D eigenvalue weighted by Crippen LogP contribution is 2.37. The Balaban J connectivity index is 2.48. The smallest absolute Gasteiger partial charge is 0.499 e. The van der Waals surface area contributed by atoms with E-state index in [4.69, 9.17) is 14.6 Å². The molecule has 1 atom stereocenters. The standard InChI is InChI=1S/C14H19BN2O3/c1-9(6-16)10-7-17-8-11(18)12(10)15-19-13(2,3)14(4,5)20-15/h7-9,18H,1-5H3. The number of hydrogen-bond acceptors (Lipinski definition) is 5. The van der Waals surface area contributed by atoms with Gasteiger partial charge in [0.1, 0.15) is 5.75 Å². The van der Waals surface area contributed by atoms with E-state index in [-0.39, 0.29) is 5.75 Å². The third kappa shape index (κ3) is 2.28. The van der Waals surface area contributed by atoms with Gasteiger partial charge in [0.2, 0.25) is 0 Å². The van der Waals surface area contributed by atoms with Crippen molar-refractivity contribution in [3.63, 3.8) is 0 Å². The summed E-state index contributed by atoms with van der Waals surface area (Å²) < 4.78 is 11.9. The zero-order chi connectivity index (χ0) is 15.1. The van der Waals surface area contributed by atoms with Gasteiger partial charge in [-0.15, -0.1) is 0 Å². The summed E-state index contributed by atoms with van der Waals surface area (Å²) in [5.41, 5.74) is 0.125. The van der Waals surface area contributed by atoms with Crippen LogP contribution in [0.25, 0.3) is 0 Å². The van der Waals surface area contributed by atoms with Crippen LogP contribution in [-0.4, -0.2) is 28.4 Å². The van der Waals surface area contributed by atoms with Gasteiger partial charge in [-0.05, 0) is 40.2 Å². The van der Waals surface area contributed by atoms with E-state index >= 15 is 0 Å². The predicted molar refractivity (Wildman–Crippen MR) is 75.6 cm³/mol. The largest absolute Gasteiger partial charge is 0.507 e. The zero-order valence-corrected chi connectivity index (χ0v) is 12.5. The molecule has 0 aromatic carbocycles. The van der Waals surface area contributed by atoms with Crippen molar-refractivity contribution in [2.75, 3.05) is 0 Å². The molecule has 5 nitrogen and oxygen atoms in total. The number of aromatic nitrogens is 1. The Morgan fingerprint density at radius 2 is 1.80 bits per heavy atom. The predicted octanol–water partition coefficient (Wildman–Crippen LogP) is 1.71. The molecule has 2 heterocycles. The van der Waals surface area contributed by atoms with Crippen molar-refractivity contribution in [1.82, 2.24) is 4.98 Å². The molecule has 1 fully saturated rings. The number of rotatable bonds is 2. The number of aromatic hydroxyl groups is 1. The molecule has 2 rings (SSSR count). The van der Waals surface area contributed by atoms with Crippen LogP contribution in [0, 0.1) is 11.3 Å². The van der Waals surface area contributed by atoms with E-state index in [1.54, 1.807) is 13.1 Å². The van der Waals surface area contributed by atoms with Gasteiger partial charge >= 0.3 is 7.12 Å². The fraction of sp³-hybridized carbons (Fsp3) is 0.571. The Kier molecular flexibility index (Phi) is 3.53. The van der Waals surface area contributed by atoms with E-state index in [2.05, 4.69) is 11.1 Å². The molecule has 0 aliphatic carbocycles. The summed E-state index contributed by atoms with van der Waals surface area (Å²) in [6, 6.07) is 2.15. The van der Waals surface area contributed by atoms with Gasteiger partial charge in [-0.2, -0.15) is 5.26 Å². The van der Waals surface area contributed by atoms with Gasteiger partial charge < -0.3 is 14.4 Å². The van der Waals surface area contributed by atoms with E-state index in [0.29, 0.717) is 11.0 Å². The fourth-order valence-corrected chi connectivity index (χ4v) is 2.11. The van der Waals surface area contributed by atoms with Crippen molar-refractivity contribution in [3.05, 3.63) is 18.0 Å². The van der Waals surface area contributed by atoms with Crippen molar-refractivity contribution in [2.24, 2.45) is 0 Å². The van der Waals surface area contributed by atoms with E-state index in [9.17, 15) is 5.11 Å². The summed E-state index contributed by atoms with van der Waals surface area (Å²) in [5.74, 6) is -0.410. The van der Waals surface area contributed by atoms with E-state index in [0.717, 1.165) is 0 Å². The van der Waals surface area contributed by atoms with Crippen LogP contribution in [-0.2, 0) is 9.31 Å². The number of hydrogen-bond donors (Lipinski definition) is 1. The molecule has 106 valence electrons. The minimum atomic E-state index is -0.700. The van der Waals surface area contributed by atoms with Crippen molar-refractivity contribution in [1.29, 1.82) is 5.26 Å². The minimum absolute atomic E-state index is 0.0110. The number of nitriles is 1. The first kappa shape index (κ1) is 14.8. The van der Waals surface area contributed by atoms with Crippen LogP contribution in [0.15, 0.2) is 12.4 Å². The highest BCUT2D eigenvalue weighted by Gasteiger charge is 2.53. The lowest BCUT2D eigenvalue weighted by molar-refractivity contribution is 0.00578. The molecule has 1 aromatic heterocycles. The number of nitrogens with zero attached hydrogens (tertiary/aromatic N) is 2. The van der Waals surface area contributed by atoms with Crippen LogP contribution < -0.4 is 5.46 Å². The molecule has 0 saturated carbocycles. The molecule has 0 radical (unpaired) electrons. The van der Waals surface area contributed by atoms with Crippen molar-refractivity contribution < 1.29 is 14.4 Å². The second kappa shape index (κ2) is 4.76. The monoisotopic (exact) mass is 274 g/mol. The maximum Gasteiger partial charge on any atom is 0.499 e. The average Bonchev–Trinajstić information content (AvgIpc) is 2.56. The summed E-state index contributed by atoms with van der Waals surface area (Å²) in [6.45, 7) is 9.53. The van der Waals surface area contributed by atoms with E-state index in [1.807, 2.05) is 27.7 Å². The summed E-state index contributed by atoms with van der Waals surface area (Å²) >= 11 is 0. The van der Waals surface area contributed by atoms with Gasteiger partial charge in [-0.1, -0.05) is 0 Å². The van der Waals surface area contributed by atoms with Crippen molar-refractivity contribution in [3.8, 4) is 11.8 Å². The highest BCUT2D eigenvalue weighted by atomic mass is 16.7. The molecule has 1 aliphatic heterocycles. The molecule has 1 unspecified atom stereocenters. The summed E-state index contributed by atoms with van der Waals surface area (Å²) in [4.78, 5) is 3.95. The summed E-state index contributed by atoms with van der Waals surface area (Å²) in [6.07, 6.45) is 2.92. The molecule has 0 bridgehead atoms. The van der Waals surface area contributed by atoms with Gasteiger partial charge in [0, 0.05) is 11.7 Å². The van der Waals surface area contributed by atoms with Crippen LogP contribution in [0.3, 0.4) is 0 Å². The number of pyridine rings is 1. The fourth-order valence-electron chi connectivity index (χ4n) is 2.11. The van der Waals surface area contributed by atoms with Crippen molar-refractivity contribution in [2.45, 2.75) is 51.7 Å². The Bertz CT molecular complexity index is 550. The second-order valence-electron chi connectivity index (χ2n) is 6.10. The Labute approximate surface area is 119 Å². The lowest BCUT2D eigenvalue weighted by Gasteiger charge is -2.32. The van der Waals surface area contributed by atoms with Gasteiger partial charge in [0.25, 0.3) is 0 Å². The molecule has 0 amide bonds. The minimum Gasteiger partial charge on any atom is -0.507 e. The summed E-state index contributed by atoms with van der Waals surface area (Å²) in [7, 11) is -0.700. The third-order valence-corrected chi connectivity index (χ3v) is 4.15. The topological polar surface area (TPSA) is 75.4 Å². The van der Waals surface area contributed by atoms with Gasteiger partial charge in [-0.25, -0.2) is 0 Å². The molecular weight excluding hydrogens is 255 g/mol. The molecular formula is C14H19BN2O3. The first-order chi connectivity index (χ1) is 9.19. The first-order valence-corrected chi connectivity index (χ1v) is 6.61.